The Hall–Kier alpha value is -0.330. The molecule has 1 saturated carbocycles. The first-order chi connectivity index (χ1) is 6.76. The lowest BCUT2D eigenvalue weighted by molar-refractivity contribution is 0.210. The van der Waals surface area contributed by atoms with Gasteiger partial charge in [-0.25, -0.2) is 0 Å². The highest BCUT2D eigenvalue weighted by Gasteiger charge is 2.34. The van der Waals surface area contributed by atoms with Gasteiger partial charge in [0.2, 0.25) is 6.29 Å². The number of carbonyl (C=O) groups excluding carboxylic acids is 1. The largest absolute Gasteiger partial charge is 0.290 e. The van der Waals surface area contributed by atoms with Crippen LogP contribution in [0.4, 0.5) is 0 Å². The molecule has 0 aromatic rings. The fourth-order valence-electron chi connectivity index (χ4n) is 2.71. The van der Waals surface area contributed by atoms with E-state index in [1.807, 2.05) is 0 Å². The summed E-state index contributed by atoms with van der Waals surface area (Å²) in [6.07, 6.45) is 11.8. The molecule has 0 heterocycles. The topological polar surface area (TPSA) is 17.1 Å². The molecule has 0 spiro atoms. The Morgan fingerprint density at radius 1 is 1.14 bits per heavy atom. The average molecular weight is 195 g/mol. The van der Waals surface area contributed by atoms with Crippen molar-refractivity contribution in [3.05, 3.63) is 0 Å². The van der Waals surface area contributed by atoms with E-state index in [0.29, 0.717) is 0 Å². The van der Waals surface area contributed by atoms with Crippen molar-refractivity contribution in [2.24, 2.45) is 11.3 Å². The van der Waals surface area contributed by atoms with Gasteiger partial charge in [-0.3, -0.25) is 4.79 Å². The lowest BCUT2D eigenvalue weighted by atomic mass is 9.69. The van der Waals surface area contributed by atoms with E-state index in [1.54, 1.807) is 0 Å². The second kappa shape index (κ2) is 5.53. The van der Waals surface area contributed by atoms with Gasteiger partial charge in [-0.15, -0.1) is 0 Å². The van der Waals surface area contributed by atoms with E-state index in [9.17, 15) is 4.79 Å². The van der Waals surface area contributed by atoms with Crippen LogP contribution in [0.3, 0.4) is 0 Å². The summed E-state index contributed by atoms with van der Waals surface area (Å²) >= 11 is 0. The van der Waals surface area contributed by atoms with Crippen LogP contribution in [0.1, 0.15) is 65.2 Å². The van der Waals surface area contributed by atoms with Gasteiger partial charge in [-0.1, -0.05) is 46.0 Å². The van der Waals surface area contributed by atoms with Crippen molar-refractivity contribution >= 4 is 6.29 Å². The van der Waals surface area contributed by atoms with Crippen LogP contribution in [0.2, 0.25) is 0 Å². The van der Waals surface area contributed by atoms with Crippen molar-refractivity contribution < 1.29 is 4.79 Å². The zero-order valence-corrected chi connectivity index (χ0v) is 9.64. The summed E-state index contributed by atoms with van der Waals surface area (Å²) in [5, 5.41) is 0. The Bertz CT molecular complexity index is 164. The molecular weight excluding hydrogens is 172 g/mol. The quantitative estimate of drug-likeness (QED) is 0.650. The van der Waals surface area contributed by atoms with E-state index >= 15 is 0 Å². The molecule has 0 aliphatic heterocycles. The third-order valence-corrected chi connectivity index (χ3v) is 3.86. The van der Waals surface area contributed by atoms with Gasteiger partial charge in [0.1, 0.15) is 0 Å². The fourth-order valence-corrected chi connectivity index (χ4v) is 2.71. The van der Waals surface area contributed by atoms with Crippen LogP contribution >= 0.6 is 0 Å². The molecule has 0 saturated heterocycles. The minimum atomic E-state index is -0.0606. The molecule has 0 unspecified atom stereocenters. The third-order valence-electron chi connectivity index (χ3n) is 3.86. The van der Waals surface area contributed by atoms with E-state index in [2.05, 4.69) is 20.1 Å². The second-order valence-electron chi connectivity index (χ2n) is 4.83. The summed E-state index contributed by atoms with van der Waals surface area (Å²) in [6, 6.07) is 0. The van der Waals surface area contributed by atoms with Crippen LogP contribution in [0, 0.1) is 11.3 Å². The molecule has 1 nitrogen and oxygen atoms in total. The van der Waals surface area contributed by atoms with Gasteiger partial charge in [-0.2, -0.15) is 0 Å². The standard InChI is InChI=1S/C13H23O/c1-3-12(4-2)10-13(11-14)8-6-5-7-9-13/h12H,3-10H2,1-2H3. The van der Waals surface area contributed by atoms with Crippen LogP contribution in [0.5, 0.6) is 0 Å². The highest BCUT2D eigenvalue weighted by Crippen LogP contribution is 2.40. The maximum atomic E-state index is 11.1. The molecule has 14 heavy (non-hydrogen) atoms. The van der Waals surface area contributed by atoms with Gasteiger partial charge >= 0.3 is 0 Å². The van der Waals surface area contributed by atoms with Gasteiger partial charge < -0.3 is 0 Å². The third kappa shape index (κ3) is 2.83. The van der Waals surface area contributed by atoms with E-state index < -0.39 is 0 Å². The van der Waals surface area contributed by atoms with Crippen LogP contribution < -0.4 is 0 Å². The minimum absolute atomic E-state index is 0.0606. The van der Waals surface area contributed by atoms with Gasteiger partial charge in [0.15, 0.2) is 0 Å². The fraction of sp³-hybridized carbons (Fsp3) is 0.923. The summed E-state index contributed by atoms with van der Waals surface area (Å²) in [4.78, 5) is 11.1. The Balaban J connectivity index is 2.54. The summed E-state index contributed by atoms with van der Waals surface area (Å²) in [7, 11) is 0. The molecule has 0 amide bonds. The Morgan fingerprint density at radius 3 is 2.14 bits per heavy atom. The molecule has 0 N–H and O–H groups in total. The normalized spacial score (nSPS) is 21.1. The summed E-state index contributed by atoms with van der Waals surface area (Å²) in [5.41, 5.74) is -0.0606. The first kappa shape index (κ1) is 11.7. The van der Waals surface area contributed by atoms with Crippen LogP contribution in [-0.2, 0) is 4.79 Å². The lowest BCUT2D eigenvalue weighted by Crippen LogP contribution is -2.28. The predicted molar refractivity (Wildman–Crippen MR) is 59.9 cm³/mol. The monoisotopic (exact) mass is 195 g/mol. The summed E-state index contributed by atoms with van der Waals surface area (Å²) in [5.74, 6) is 0.731. The molecule has 0 bridgehead atoms. The first-order valence-corrected chi connectivity index (χ1v) is 6.15. The maximum absolute atomic E-state index is 11.1. The molecule has 0 atom stereocenters. The van der Waals surface area contributed by atoms with Crippen molar-refractivity contribution in [3.8, 4) is 0 Å². The summed E-state index contributed by atoms with van der Waals surface area (Å²) < 4.78 is 0. The van der Waals surface area contributed by atoms with Crippen molar-refractivity contribution in [3.63, 3.8) is 0 Å². The first-order valence-electron chi connectivity index (χ1n) is 6.15. The maximum Gasteiger partial charge on any atom is 0.205 e. The van der Waals surface area contributed by atoms with Crippen molar-refractivity contribution in [1.29, 1.82) is 0 Å². The van der Waals surface area contributed by atoms with E-state index in [1.165, 1.54) is 32.1 Å². The van der Waals surface area contributed by atoms with Gasteiger partial charge in [-0.05, 0) is 25.2 Å². The molecule has 1 rings (SSSR count). The van der Waals surface area contributed by atoms with Crippen LogP contribution in [-0.4, -0.2) is 6.29 Å². The number of hydrogen-bond donors (Lipinski definition) is 0. The smallest absolute Gasteiger partial charge is 0.205 e. The molecule has 81 valence electrons. The van der Waals surface area contributed by atoms with Crippen LogP contribution in [0.25, 0.3) is 0 Å². The van der Waals surface area contributed by atoms with Gasteiger partial charge in [0.25, 0.3) is 0 Å². The summed E-state index contributed by atoms with van der Waals surface area (Å²) in [6.45, 7) is 4.46. The van der Waals surface area contributed by atoms with E-state index in [0.717, 1.165) is 25.2 Å². The molecular formula is C13H23O. The molecule has 0 aromatic carbocycles. The van der Waals surface area contributed by atoms with Crippen molar-refractivity contribution in [2.45, 2.75) is 65.2 Å². The molecule has 1 aliphatic rings. The zero-order chi connectivity index (χ0) is 10.4. The Morgan fingerprint density at radius 2 is 1.71 bits per heavy atom. The zero-order valence-electron chi connectivity index (χ0n) is 9.64. The molecule has 1 heteroatoms. The molecule has 0 aromatic heterocycles. The van der Waals surface area contributed by atoms with Gasteiger partial charge in [0.05, 0.1) is 0 Å². The molecule has 1 radical (unpaired) electrons. The van der Waals surface area contributed by atoms with E-state index in [4.69, 9.17) is 0 Å². The highest BCUT2D eigenvalue weighted by atomic mass is 16.1. The molecule has 1 fully saturated rings. The minimum Gasteiger partial charge on any atom is -0.290 e. The Kier molecular flexibility index (Phi) is 4.64. The van der Waals surface area contributed by atoms with Crippen molar-refractivity contribution in [2.75, 3.05) is 0 Å². The van der Waals surface area contributed by atoms with Gasteiger partial charge in [0, 0.05) is 5.41 Å². The van der Waals surface area contributed by atoms with Crippen molar-refractivity contribution in [1.82, 2.24) is 0 Å². The van der Waals surface area contributed by atoms with E-state index in [-0.39, 0.29) is 5.41 Å². The predicted octanol–water partition coefficient (Wildman–Crippen LogP) is 3.87. The lowest BCUT2D eigenvalue weighted by Gasteiger charge is -2.34. The SMILES string of the molecule is CCC(CC)CC1([C]=O)CCCCC1. The Labute approximate surface area is 88.3 Å². The molecule has 1 aliphatic carbocycles. The number of hydrogen-bond acceptors (Lipinski definition) is 1. The van der Waals surface area contributed by atoms with Crippen LogP contribution in [0.15, 0.2) is 0 Å². The second-order valence-corrected chi connectivity index (χ2v) is 4.83. The average Bonchev–Trinajstić information content (AvgIpc) is 2.27. The number of rotatable bonds is 5. The highest BCUT2D eigenvalue weighted by molar-refractivity contribution is 5.60.